The Bertz CT molecular complexity index is 835. The molecule has 0 aliphatic heterocycles. The molecule has 0 aromatic heterocycles. The minimum atomic E-state index is -1.27. The molecule has 1 unspecified atom stereocenters. The average molecular weight is 609 g/mol. The SMILES string of the molecule is C[C@H](CC(=O)OCC(COC(=O)C[C@H](C)OC(=O)C[C@@H](C)O)OC(=O)C[C@@H](C)OC(=O)C[C@@H](C)O)OC(=O)C[C@@H](C)O. The van der Waals surface area contributed by atoms with E-state index >= 15 is 0 Å². The van der Waals surface area contributed by atoms with Crippen LogP contribution in [0.4, 0.5) is 0 Å². The van der Waals surface area contributed by atoms with E-state index < -0.39 is 98.2 Å². The number of aliphatic hydroxyl groups excluding tert-OH is 3. The van der Waals surface area contributed by atoms with Crippen molar-refractivity contribution in [1.82, 2.24) is 0 Å². The van der Waals surface area contributed by atoms with Crippen LogP contribution in [-0.2, 0) is 57.2 Å². The summed E-state index contributed by atoms with van der Waals surface area (Å²) < 4.78 is 30.5. The second-order valence-electron chi connectivity index (χ2n) is 10.2. The first-order chi connectivity index (χ1) is 19.5. The molecule has 0 spiro atoms. The fourth-order valence-corrected chi connectivity index (χ4v) is 3.21. The second-order valence-corrected chi connectivity index (χ2v) is 10.2. The smallest absolute Gasteiger partial charge is 0.310 e. The van der Waals surface area contributed by atoms with Crippen LogP contribution in [0.25, 0.3) is 0 Å². The van der Waals surface area contributed by atoms with Crippen molar-refractivity contribution in [1.29, 1.82) is 0 Å². The number of ether oxygens (including phenoxy) is 6. The fraction of sp³-hybridized carbons (Fsp3) is 0.778. The summed E-state index contributed by atoms with van der Waals surface area (Å²) in [4.78, 5) is 71.9. The number of aliphatic hydroxyl groups is 3. The van der Waals surface area contributed by atoms with Crippen molar-refractivity contribution in [3.05, 3.63) is 0 Å². The zero-order valence-corrected chi connectivity index (χ0v) is 24.9. The van der Waals surface area contributed by atoms with Crippen LogP contribution in [0.3, 0.4) is 0 Å². The van der Waals surface area contributed by atoms with Gasteiger partial charge in [-0.05, 0) is 41.5 Å². The number of carbonyl (C=O) groups excluding carboxylic acids is 6. The third kappa shape index (κ3) is 21.4. The Morgan fingerprint density at radius 1 is 0.429 bits per heavy atom. The molecule has 242 valence electrons. The van der Waals surface area contributed by atoms with E-state index in [2.05, 4.69) is 0 Å². The zero-order chi connectivity index (χ0) is 32.4. The van der Waals surface area contributed by atoms with Crippen molar-refractivity contribution < 1.29 is 72.5 Å². The Morgan fingerprint density at radius 3 is 0.976 bits per heavy atom. The molecule has 15 nitrogen and oxygen atoms in total. The van der Waals surface area contributed by atoms with Crippen LogP contribution in [0.15, 0.2) is 0 Å². The number of rotatable bonds is 20. The molecule has 0 aromatic rings. The molecule has 0 bridgehead atoms. The van der Waals surface area contributed by atoms with Gasteiger partial charge < -0.3 is 43.7 Å². The van der Waals surface area contributed by atoms with Crippen molar-refractivity contribution in [2.24, 2.45) is 0 Å². The standard InChI is InChI=1S/C27H44O15/c1-15(28)7-24(33)39-18(4)10-22(31)37-13-21(42-27(36)12-20(6)41-26(35)9-17(3)30)14-38-23(32)11-19(5)40-25(34)8-16(2)29/h15-21,28-30H,7-14H2,1-6H3/t15-,16-,17-,18-,19+,20-,21?/m1/s1. The molecule has 15 heteroatoms. The molecular formula is C27H44O15. The van der Waals surface area contributed by atoms with Crippen molar-refractivity contribution in [2.45, 2.75) is 123 Å². The highest BCUT2D eigenvalue weighted by molar-refractivity contribution is 5.74. The third-order valence-corrected chi connectivity index (χ3v) is 4.91. The first-order valence-electron chi connectivity index (χ1n) is 13.6. The predicted molar refractivity (Wildman–Crippen MR) is 141 cm³/mol. The van der Waals surface area contributed by atoms with Crippen LogP contribution in [0.2, 0.25) is 0 Å². The summed E-state index contributed by atoms with van der Waals surface area (Å²) in [7, 11) is 0. The van der Waals surface area contributed by atoms with Crippen LogP contribution in [0, 0.1) is 0 Å². The average Bonchev–Trinajstić information content (AvgIpc) is 2.78. The molecule has 0 radical (unpaired) electrons. The van der Waals surface area contributed by atoms with Crippen LogP contribution in [0.5, 0.6) is 0 Å². The van der Waals surface area contributed by atoms with E-state index in [1.54, 1.807) is 0 Å². The van der Waals surface area contributed by atoms with Crippen LogP contribution in [-0.4, -0.2) is 107 Å². The lowest BCUT2D eigenvalue weighted by molar-refractivity contribution is -0.172. The lowest BCUT2D eigenvalue weighted by Crippen LogP contribution is -2.33. The quantitative estimate of drug-likeness (QED) is 0.125. The molecule has 0 saturated heterocycles. The summed E-state index contributed by atoms with van der Waals surface area (Å²) in [6.07, 6.45) is -8.58. The molecule has 0 rings (SSSR count). The number of carbonyl (C=O) groups is 6. The number of hydrogen-bond donors (Lipinski definition) is 3. The molecule has 7 atom stereocenters. The molecule has 0 aliphatic carbocycles. The maximum Gasteiger partial charge on any atom is 0.310 e. The molecule has 0 amide bonds. The van der Waals surface area contributed by atoms with E-state index in [-0.39, 0.29) is 32.1 Å². The van der Waals surface area contributed by atoms with Gasteiger partial charge in [0.15, 0.2) is 6.10 Å². The van der Waals surface area contributed by atoms with E-state index in [1.807, 2.05) is 0 Å². The Morgan fingerprint density at radius 2 is 0.690 bits per heavy atom. The summed E-state index contributed by atoms with van der Waals surface area (Å²) in [6.45, 7) is 7.43. The second kappa shape index (κ2) is 20.6. The van der Waals surface area contributed by atoms with Crippen LogP contribution < -0.4 is 0 Å². The molecule has 3 N–H and O–H groups in total. The van der Waals surface area contributed by atoms with Gasteiger partial charge in [0.05, 0.1) is 56.8 Å². The van der Waals surface area contributed by atoms with E-state index in [9.17, 15) is 44.1 Å². The number of hydrogen-bond acceptors (Lipinski definition) is 15. The van der Waals surface area contributed by atoms with Crippen molar-refractivity contribution in [3.8, 4) is 0 Å². The zero-order valence-electron chi connectivity index (χ0n) is 24.9. The highest BCUT2D eigenvalue weighted by Gasteiger charge is 2.24. The van der Waals surface area contributed by atoms with Crippen LogP contribution >= 0.6 is 0 Å². The molecule has 0 heterocycles. The largest absolute Gasteiger partial charge is 0.462 e. The summed E-state index contributed by atoms with van der Waals surface area (Å²) in [5.41, 5.74) is 0. The monoisotopic (exact) mass is 608 g/mol. The summed E-state index contributed by atoms with van der Waals surface area (Å²) in [5, 5.41) is 27.7. The van der Waals surface area contributed by atoms with E-state index in [0.29, 0.717) is 0 Å². The maximum absolute atomic E-state index is 12.4. The number of esters is 6. The Kier molecular flexibility index (Phi) is 18.9. The van der Waals surface area contributed by atoms with Crippen molar-refractivity contribution >= 4 is 35.8 Å². The highest BCUT2D eigenvalue weighted by atomic mass is 16.6. The summed E-state index contributed by atoms with van der Waals surface area (Å²) in [5.74, 6) is -4.66. The lowest BCUT2D eigenvalue weighted by Gasteiger charge is -2.20. The first-order valence-corrected chi connectivity index (χ1v) is 13.6. The van der Waals surface area contributed by atoms with Crippen molar-refractivity contribution in [3.63, 3.8) is 0 Å². The Hall–Kier alpha value is -3.30. The topological polar surface area (TPSA) is 218 Å². The van der Waals surface area contributed by atoms with Gasteiger partial charge in [0.1, 0.15) is 31.5 Å². The van der Waals surface area contributed by atoms with Gasteiger partial charge in [0, 0.05) is 0 Å². The minimum Gasteiger partial charge on any atom is -0.462 e. The van der Waals surface area contributed by atoms with Gasteiger partial charge in [-0.1, -0.05) is 0 Å². The molecule has 0 aliphatic rings. The van der Waals surface area contributed by atoms with E-state index in [0.717, 1.165) is 0 Å². The summed E-state index contributed by atoms with van der Waals surface area (Å²) >= 11 is 0. The van der Waals surface area contributed by atoms with E-state index in [4.69, 9.17) is 28.4 Å². The molecule has 42 heavy (non-hydrogen) atoms. The van der Waals surface area contributed by atoms with Gasteiger partial charge >= 0.3 is 35.8 Å². The van der Waals surface area contributed by atoms with Gasteiger partial charge in [-0.2, -0.15) is 0 Å². The molecular weight excluding hydrogens is 564 g/mol. The van der Waals surface area contributed by atoms with Crippen molar-refractivity contribution in [2.75, 3.05) is 13.2 Å². The fourth-order valence-electron chi connectivity index (χ4n) is 3.21. The Balaban J connectivity index is 5.06. The van der Waals surface area contributed by atoms with Gasteiger partial charge in [-0.25, -0.2) is 0 Å². The first kappa shape index (κ1) is 38.7. The molecule has 0 saturated carbocycles. The van der Waals surface area contributed by atoms with Gasteiger partial charge in [-0.3, -0.25) is 28.8 Å². The van der Waals surface area contributed by atoms with Crippen LogP contribution in [0.1, 0.15) is 80.1 Å². The predicted octanol–water partition coefficient (Wildman–Crippen LogP) is 0.263. The van der Waals surface area contributed by atoms with Gasteiger partial charge in [0.2, 0.25) is 0 Å². The normalized spacial score (nSPS) is 15.9. The lowest BCUT2D eigenvalue weighted by atomic mass is 10.2. The van der Waals surface area contributed by atoms with Gasteiger partial charge in [-0.15, -0.1) is 0 Å². The molecule has 0 aromatic carbocycles. The molecule has 0 fully saturated rings. The third-order valence-electron chi connectivity index (χ3n) is 4.91. The maximum atomic E-state index is 12.4. The minimum absolute atomic E-state index is 0.256. The summed E-state index contributed by atoms with van der Waals surface area (Å²) in [6, 6.07) is 0. The van der Waals surface area contributed by atoms with E-state index in [1.165, 1.54) is 41.5 Å². The highest BCUT2D eigenvalue weighted by Crippen LogP contribution is 2.09. The Labute approximate surface area is 244 Å². The van der Waals surface area contributed by atoms with Gasteiger partial charge in [0.25, 0.3) is 0 Å².